The van der Waals surface area contributed by atoms with Gasteiger partial charge in [0.25, 0.3) is 0 Å². The minimum absolute atomic E-state index is 0.185. The lowest BCUT2D eigenvalue weighted by Gasteiger charge is -2.11. The molecule has 1 aliphatic rings. The minimum atomic E-state index is -0.364. The van der Waals surface area contributed by atoms with Crippen LogP contribution in [0.2, 0.25) is 5.02 Å². The zero-order valence-electron chi connectivity index (χ0n) is 23.7. The summed E-state index contributed by atoms with van der Waals surface area (Å²) >= 11 is 6.89. The molecule has 0 radical (unpaired) electrons. The molecule has 0 spiro atoms. The van der Waals surface area contributed by atoms with E-state index >= 15 is 0 Å². The fourth-order valence-electron chi connectivity index (χ4n) is 6.31. The van der Waals surface area contributed by atoms with Crippen molar-refractivity contribution >= 4 is 39.2 Å². The van der Waals surface area contributed by atoms with E-state index in [1.54, 1.807) is 0 Å². The first-order valence-electron chi connectivity index (χ1n) is 14.2. The van der Waals surface area contributed by atoms with Crippen molar-refractivity contribution in [2.45, 2.75) is 52.7 Å². The van der Waals surface area contributed by atoms with Crippen molar-refractivity contribution in [1.82, 2.24) is 14.3 Å². The fourth-order valence-corrected chi connectivity index (χ4v) is 6.55. The number of fused-ring (bicyclic) bond motifs is 3. The van der Waals surface area contributed by atoms with Gasteiger partial charge in [-0.15, -0.1) is 0 Å². The first-order valence-corrected chi connectivity index (χ1v) is 14.6. The van der Waals surface area contributed by atoms with Crippen LogP contribution in [-0.4, -0.2) is 38.6 Å². The van der Waals surface area contributed by atoms with Crippen LogP contribution in [-0.2, 0) is 37.8 Å². The lowest BCUT2D eigenvalue weighted by atomic mass is 9.97. The molecule has 1 N–H and O–H groups in total. The molecule has 3 heterocycles. The molecular weight excluding hydrogens is 538 g/mol. The number of aliphatic hydroxyl groups excluding tert-OH is 1. The van der Waals surface area contributed by atoms with E-state index in [1.165, 1.54) is 0 Å². The van der Waals surface area contributed by atoms with Crippen molar-refractivity contribution in [2.24, 2.45) is 7.05 Å². The van der Waals surface area contributed by atoms with Gasteiger partial charge in [0, 0.05) is 41.2 Å². The van der Waals surface area contributed by atoms with Crippen molar-refractivity contribution in [3.05, 3.63) is 81.8 Å². The van der Waals surface area contributed by atoms with Gasteiger partial charge in [0.15, 0.2) is 0 Å². The van der Waals surface area contributed by atoms with Crippen molar-refractivity contribution in [2.75, 3.05) is 13.2 Å². The largest absolute Gasteiger partial charge is 0.493 e. The van der Waals surface area contributed by atoms with E-state index in [-0.39, 0.29) is 19.2 Å². The average Bonchev–Trinajstić information content (AvgIpc) is 3.63. The second kappa shape index (κ2) is 11.2. The zero-order valence-corrected chi connectivity index (χ0v) is 24.4. The standard InChI is InChI=1S/C33H34ClN3O4/c1-4-40-33(39)32-23(11-8-16-41-28-18-20(2)17-21-9-5-6-10-22(21)28)24-13-14-25(34)29(31(24)36(32)3)30-26(19-38)35-37-15-7-12-27(30)37/h5-6,9-10,13-14,17-18,38H,4,7-8,11-12,15-16,19H2,1-3H3. The molecule has 6 rings (SSSR count). The van der Waals surface area contributed by atoms with Gasteiger partial charge in [-0.25, -0.2) is 4.79 Å². The molecular formula is C33H34ClN3O4. The monoisotopic (exact) mass is 571 g/mol. The van der Waals surface area contributed by atoms with Gasteiger partial charge >= 0.3 is 5.97 Å². The fraction of sp³-hybridized carbons (Fsp3) is 0.333. The van der Waals surface area contributed by atoms with Crippen molar-refractivity contribution < 1.29 is 19.4 Å². The van der Waals surface area contributed by atoms with Gasteiger partial charge in [-0.3, -0.25) is 4.68 Å². The number of halogens is 1. The third kappa shape index (κ3) is 4.77. The van der Waals surface area contributed by atoms with E-state index in [1.807, 2.05) is 47.5 Å². The molecule has 8 heteroatoms. The lowest BCUT2D eigenvalue weighted by molar-refractivity contribution is 0.0514. The highest BCUT2D eigenvalue weighted by molar-refractivity contribution is 6.35. The maximum Gasteiger partial charge on any atom is 0.355 e. The van der Waals surface area contributed by atoms with Crippen molar-refractivity contribution in [3.63, 3.8) is 0 Å². The van der Waals surface area contributed by atoms with Crippen LogP contribution in [0.25, 0.3) is 32.8 Å². The Bertz CT molecular complexity index is 1790. The summed E-state index contributed by atoms with van der Waals surface area (Å²) in [5.74, 6) is 0.501. The Hall–Kier alpha value is -3.81. The van der Waals surface area contributed by atoms with Crippen molar-refractivity contribution in [1.29, 1.82) is 0 Å². The summed E-state index contributed by atoms with van der Waals surface area (Å²) in [7, 11) is 1.88. The van der Waals surface area contributed by atoms with Crippen LogP contribution in [0.5, 0.6) is 5.75 Å². The normalized spacial score (nSPS) is 12.8. The minimum Gasteiger partial charge on any atom is -0.493 e. The van der Waals surface area contributed by atoms with Gasteiger partial charge < -0.3 is 19.1 Å². The maximum absolute atomic E-state index is 13.3. The molecule has 0 fully saturated rings. The number of carbonyl (C=O) groups excluding carboxylic acids is 1. The Labute approximate surface area is 244 Å². The van der Waals surface area contributed by atoms with E-state index in [0.717, 1.165) is 74.8 Å². The average molecular weight is 572 g/mol. The third-order valence-electron chi connectivity index (χ3n) is 7.99. The summed E-state index contributed by atoms with van der Waals surface area (Å²) in [5.41, 5.74) is 6.77. The third-order valence-corrected chi connectivity index (χ3v) is 8.30. The molecule has 3 aromatic carbocycles. The predicted molar refractivity (Wildman–Crippen MR) is 162 cm³/mol. The second-order valence-electron chi connectivity index (χ2n) is 10.6. The summed E-state index contributed by atoms with van der Waals surface area (Å²) in [6.45, 7) is 5.29. The van der Waals surface area contributed by atoms with E-state index in [9.17, 15) is 9.90 Å². The van der Waals surface area contributed by atoms with E-state index < -0.39 is 0 Å². The molecule has 7 nitrogen and oxygen atoms in total. The molecule has 0 unspecified atom stereocenters. The molecule has 0 aliphatic carbocycles. The highest BCUT2D eigenvalue weighted by atomic mass is 35.5. The Balaban J connectivity index is 1.39. The number of benzene rings is 3. The predicted octanol–water partition coefficient (Wildman–Crippen LogP) is 6.78. The van der Waals surface area contributed by atoms with Crippen LogP contribution in [0.4, 0.5) is 0 Å². The van der Waals surface area contributed by atoms with Crippen LogP contribution >= 0.6 is 11.6 Å². The summed E-state index contributed by atoms with van der Waals surface area (Å²) < 4.78 is 15.7. The SMILES string of the molecule is CCOC(=O)c1c(CCCOc2cc(C)cc3ccccc23)c2ccc(Cl)c(-c3c(CO)nn4c3CCC4)c2n1C. The summed E-state index contributed by atoms with van der Waals surface area (Å²) in [6.07, 6.45) is 3.19. The second-order valence-corrected chi connectivity index (χ2v) is 11.0. The Morgan fingerprint density at radius 2 is 1.95 bits per heavy atom. The number of nitrogens with zero attached hydrogens (tertiary/aromatic N) is 3. The summed E-state index contributed by atoms with van der Waals surface area (Å²) in [6, 6.07) is 16.3. The van der Waals surface area contributed by atoms with Crippen LogP contribution in [0.1, 0.15) is 52.8 Å². The van der Waals surface area contributed by atoms with E-state index in [4.69, 9.17) is 21.1 Å². The molecule has 41 heavy (non-hydrogen) atoms. The van der Waals surface area contributed by atoms with E-state index in [0.29, 0.717) is 35.9 Å². The Morgan fingerprint density at radius 3 is 2.76 bits per heavy atom. The van der Waals surface area contributed by atoms with Gasteiger partial charge in [-0.1, -0.05) is 48.0 Å². The number of hydrogen-bond acceptors (Lipinski definition) is 5. The highest BCUT2D eigenvalue weighted by Crippen LogP contribution is 2.43. The van der Waals surface area contributed by atoms with Crippen LogP contribution in [0.15, 0.2) is 48.5 Å². The summed E-state index contributed by atoms with van der Waals surface area (Å²) in [4.78, 5) is 13.3. The van der Waals surface area contributed by atoms with Gasteiger partial charge in [-0.05, 0) is 68.2 Å². The zero-order chi connectivity index (χ0) is 28.7. The number of esters is 1. The molecule has 2 aromatic heterocycles. The number of carbonyl (C=O) groups is 1. The molecule has 1 aliphatic heterocycles. The van der Waals surface area contributed by atoms with Crippen LogP contribution in [0, 0.1) is 6.92 Å². The maximum atomic E-state index is 13.3. The first-order chi connectivity index (χ1) is 19.9. The van der Waals surface area contributed by atoms with Gasteiger partial charge in [0.1, 0.15) is 11.4 Å². The number of ether oxygens (including phenoxy) is 2. The Morgan fingerprint density at radius 1 is 1.12 bits per heavy atom. The molecule has 0 bridgehead atoms. The first kappa shape index (κ1) is 27.4. The van der Waals surface area contributed by atoms with E-state index in [2.05, 4.69) is 36.3 Å². The number of aliphatic hydroxyl groups is 1. The van der Waals surface area contributed by atoms with Gasteiger partial charge in [0.2, 0.25) is 0 Å². The van der Waals surface area contributed by atoms with Crippen LogP contribution < -0.4 is 4.74 Å². The van der Waals surface area contributed by atoms with Gasteiger partial charge in [-0.2, -0.15) is 5.10 Å². The topological polar surface area (TPSA) is 78.5 Å². The number of aryl methyl sites for hydroxylation is 4. The molecule has 212 valence electrons. The Kier molecular flexibility index (Phi) is 7.49. The van der Waals surface area contributed by atoms with Gasteiger partial charge in [0.05, 0.1) is 36.1 Å². The molecule has 0 saturated carbocycles. The number of aromatic nitrogens is 3. The number of rotatable bonds is 9. The van der Waals surface area contributed by atoms with Crippen molar-refractivity contribution in [3.8, 4) is 16.9 Å². The summed E-state index contributed by atoms with van der Waals surface area (Å²) in [5, 5.41) is 18.6. The quantitative estimate of drug-likeness (QED) is 0.156. The lowest BCUT2D eigenvalue weighted by Crippen LogP contribution is -2.13. The smallest absolute Gasteiger partial charge is 0.355 e. The van der Waals surface area contributed by atoms with Crippen LogP contribution in [0.3, 0.4) is 0 Å². The number of hydrogen-bond donors (Lipinski definition) is 1. The molecule has 0 amide bonds. The molecule has 0 atom stereocenters. The molecule has 0 saturated heterocycles. The highest BCUT2D eigenvalue weighted by Gasteiger charge is 2.30. The molecule has 5 aromatic rings.